The summed E-state index contributed by atoms with van der Waals surface area (Å²) >= 11 is 0. The summed E-state index contributed by atoms with van der Waals surface area (Å²) in [6.45, 7) is 3.93. The monoisotopic (exact) mass is 233 g/mol. The van der Waals surface area contributed by atoms with Crippen LogP contribution in [0.1, 0.15) is 29.6 Å². The van der Waals surface area contributed by atoms with Crippen LogP contribution in [0.25, 0.3) is 0 Å². The molecule has 0 amide bonds. The average molecular weight is 233 g/mol. The first kappa shape index (κ1) is 11.5. The van der Waals surface area contributed by atoms with Gasteiger partial charge in [0.05, 0.1) is 12.7 Å². The van der Waals surface area contributed by atoms with Crippen LogP contribution in [0.3, 0.4) is 0 Å². The molecule has 90 valence electrons. The van der Waals surface area contributed by atoms with Gasteiger partial charge >= 0.3 is 5.97 Å². The lowest BCUT2D eigenvalue weighted by Gasteiger charge is -2.19. The fourth-order valence-corrected chi connectivity index (χ4v) is 2.14. The number of nitrogens with zero attached hydrogens (tertiary/aromatic N) is 1. The Bertz CT molecular complexity index is 491. The smallest absolute Gasteiger partial charge is 0.305 e. The van der Waals surface area contributed by atoms with Gasteiger partial charge in [0.25, 0.3) is 0 Å². The van der Waals surface area contributed by atoms with E-state index in [0.29, 0.717) is 5.76 Å². The first-order chi connectivity index (χ1) is 8.09. The van der Waals surface area contributed by atoms with Crippen LogP contribution in [0.15, 0.2) is 34.9 Å². The van der Waals surface area contributed by atoms with E-state index in [9.17, 15) is 4.79 Å². The molecule has 0 aromatic carbocycles. The van der Waals surface area contributed by atoms with Gasteiger partial charge < -0.3 is 14.1 Å². The Hall–Kier alpha value is -1.97. The first-order valence-electron chi connectivity index (χ1n) is 5.49. The van der Waals surface area contributed by atoms with Gasteiger partial charge in [-0.1, -0.05) is 0 Å². The van der Waals surface area contributed by atoms with Gasteiger partial charge in [-0.25, -0.2) is 0 Å². The van der Waals surface area contributed by atoms with Crippen molar-refractivity contribution in [3.05, 3.63) is 47.7 Å². The molecular formula is C13H15NO3. The molecule has 0 aliphatic rings. The fourth-order valence-electron chi connectivity index (χ4n) is 2.14. The number of aromatic nitrogens is 1. The summed E-state index contributed by atoms with van der Waals surface area (Å²) in [5, 5.41) is 9.01. The Kier molecular flexibility index (Phi) is 3.04. The number of carboxylic acid groups (broad SMARTS) is 1. The Morgan fingerprint density at radius 1 is 1.35 bits per heavy atom. The molecule has 1 atom stereocenters. The highest BCUT2D eigenvalue weighted by molar-refractivity contribution is 5.67. The molecule has 0 spiro atoms. The Balaban J connectivity index is 2.44. The molecule has 0 aliphatic heterocycles. The van der Waals surface area contributed by atoms with Crippen molar-refractivity contribution in [3.63, 3.8) is 0 Å². The quantitative estimate of drug-likeness (QED) is 0.883. The molecule has 0 fully saturated rings. The minimum atomic E-state index is -0.834. The topological polar surface area (TPSA) is 55.4 Å². The standard InChI is InChI=1S/C13H15NO3/c1-9-5-6-10(2)14(9)11(8-13(15)16)12-4-3-7-17-12/h3-7,11H,8H2,1-2H3,(H,15,16)/t11-/m0/s1. The van der Waals surface area contributed by atoms with E-state index >= 15 is 0 Å². The molecule has 2 aromatic rings. The maximum Gasteiger partial charge on any atom is 0.305 e. The number of aliphatic carboxylic acids is 1. The average Bonchev–Trinajstić information content (AvgIpc) is 2.86. The summed E-state index contributed by atoms with van der Waals surface area (Å²) in [6.07, 6.45) is 1.59. The van der Waals surface area contributed by atoms with Gasteiger partial charge in [0.2, 0.25) is 0 Å². The minimum absolute atomic E-state index is 0.0177. The Morgan fingerprint density at radius 3 is 2.47 bits per heavy atom. The van der Waals surface area contributed by atoms with Gasteiger partial charge in [-0.3, -0.25) is 4.79 Å². The summed E-state index contributed by atoms with van der Waals surface area (Å²) in [4.78, 5) is 11.0. The molecule has 0 unspecified atom stereocenters. The van der Waals surface area contributed by atoms with E-state index in [-0.39, 0.29) is 12.5 Å². The van der Waals surface area contributed by atoms with Crippen molar-refractivity contribution in [1.29, 1.82) is 0 Å². The predicted octanol–water partition coefficient (Wildman–Crippen LogP) is 2.76. The van der Waals surface area contributed by atoms with Crippen molar-refractivity contribution in [2.45, 2.75) is 26.3 Å². The molecule has 0 saturated heterocycles. The van der Waals surface area contributed by atoms with Crippen LogP contribution in [-0.2, 0) is 4.79 Å². The molecule has 2 heterocycles. The molecule has 0 aliphatic carbocycles. The zero-order valence-corrected chi connectivity index (χ0v) is 9.88. The molecule has 2 rings (SSSR count). The molecule has 17 heavy (non-hydrogen) atoms. The maximum absolute atomic E-state index is 11.0. The number of rotatable bonds is 4. The van der Waals surface area contributed by atoms with Gasteiger partial charge in [0.15, 0.2) is 0 Å². The van der Waals surface area contributed by atoms with Crippen LogP contribution in [0.5, 0.6) is 0 Å². The highest BCUT2D eigenvalue weighted by Crippen LogP contribution is 2.26. The van der Waals surface area contributed by atoms with Crippen molar-refractivity contribution >= 4 is 5.97 Å². The van der Waals surface area contributed by atoms with Gasteiger partial charge in [0.1, 0.15) is 11.8 Å². The molecular weight excluding hydrogens is 218 g/mol. The van der Waals surface area contributed by atoms with Gasteiger partial charge in [-0.2, -0.15) is 0 Å². The third-order valence-corrected chi connectivity index (χ3v) is 2.88. The van der Waals surface area contributed by atoms with Crippen LogP contribution < -0.4 is 0 Å². The summed E-state index contributed by atoms with van der Waals surface area (Å²) in [6, 6.07) is 7.27. The van der Waals surface area contributed by atoms with Crippen LogP contribution in [0.2, 0.25) is 0 Å². The first-order valence-corrected chi connectivity index (χ1v) is 5.49. The summed E-state index contributed by atoms with van der Waals surface area (Å²) in [5.41, 5.74) is 2.07. The van der Waals surface area contributed by atoms with E-state index in [1.165, 1.54) is 0 Å². The number of hydrogen-bond donors (Lipinski definition) is 1. The molecule has 0 saturated carbocycles. The second-order valence-electron chi connectivity index (χ2n) is 4.12. The molecule has 1 N–H and O–H groups in total. The lowest BCUT2D eigenvalue weighted by molar-refractivity contribution is -0.137. The van der Waals surface area contributed by atoms with Crippen LogP contribution in [0.4, 0.5) is 0 Å². The second-order valence-corrected chi connectivity index (χ2v) is 4.12. The largest absolute Gasteiger partial charge is 0.481 e. The maximum atomic E-state index is 11.0. The lowest BCUT2D eigenvalue weighted by atomic mass is 10.1. The minimum Gasteiger partial charge on any atom is -0.481 e. The SMILES string of the molecule is Cc1ccc(C)n1[C@@H](CC(=O)O)c1ccco1. The van der Waals surface area contributed by atoms with E-state index in [4.69, 9.17) is 9.52 Å². The van der Waals surface area contributed by atoms with Gasteiger partial charge in [-0.05, 0) is 38.1 Å². The zero-order chi connectivity index (χ0) is 12.4. The summed E-state index contributed by atoms with van der Waals surface area (Å²) in [7, 11) is 0. The van der Waals surface area contributed by atoms with Crippen molar-refractivity contribution in [3.8, 4) is 0 Å². The summed E-state index contributed by atoms with van der Waals surface area (Å²) in [5.74, 6) is -0.159. The van der Waals surface area contributed by atoms with Crippen LogP contribution in [-0.4, -0.2) is 15.6 Å². The highest BCUT2D eigenvalue weighted by atomic mass is 16.4. The number of carbonyl (C=O) groups is 1. The van der Waals surface area contributed by atoms with Crippen molar-refractivity contribution in [2.75, 3.05) is 0 Å². The highest BCUT2D eigenvalue weighted by Gasteiger charge is 2.22. The normalized spacial score (nSPS) is 12.6. The van der Waals surface area contributed by atoms with Gasteiger partial charge in [0, 0.05) is 11.4 Å². The van der Waals surface area contributed by atoms with Crippen molar-refractivity contribution in [2.24, 2.45) is 0 Å². The third-order valence-electron chi connectivity index (χ3n) is 2.88. The fraction of sp³-hybridized carbons (Fsp3) is 0.308. The van der Waals surface area contributed by atoms with Crippen LogP contribution >= 0.6 is 0 Å². The molecule has 0 radical (unpaired) electrons. The van der Waals surface area contributed by atoms with E-state index in [1.54, 1.807) is 12.3 Å². The summed E-state index contributed by atoms with van der Waals surface area (Å²) < 4.78 is 7.34. The Morgan fingerprint density at radius 2 is 2.00 bits per heavy atom. The number of hydrogen-bond acceptors (Lipinski definition) is 2. The number of aryl methyl sites for hydroxylation is 2. The molecule has 4 nitrogen and oxygen atoms in total. The Labute approximate surface area is 99.5 Å². The number of furan rings is 1. The van der Waals surface area contributed by atoms with Gasteiger partial charge in [-0.15, -0.1) is 0 Å². The van der Waals surface area contributed by atoms with E-state index in [2.05, 4.69) is 0 Å². The molecule has 4 heteroatoms. The van der Waals surface area contributed by atoms with E-state index in [0.717, 1.165) is 11.4 Å². The van der Waals surface area contributed by atoms with E-state index < -0.39 is 5.97 Å². The molecule has 0 bridgehead atoms. The zero-order valence-electron chi connectivity index (χ0n) is 9.88. The third kappa shape index (κ3) is 2.25. The predicted molar refractivity (Wildman–Crippen MR) is 63.0 cm³/mol. The second kappa shape index (κ2) is 4.49. The molecule has 2 aromatic heterocycles. The van der Waals surface area contributed by atoms with Crippen molar-refractivity contribution < 1.29 is 14.3 Å². The van der Waals surface area contributed by atoms with Crippen LogP contribution in [0, 0.1) is 13.8 Å². The lowest BCUT2D eigenvalue weighted by Crippen LogP contribution is -2.16. The van der Waals surface area contributed by atoms with E-state index in [1.807, 2.05) is 36.6 Å². The number of carboxylic acids is 1. The van der Waals surface area contributed by atoms with Crippen molar-refractivity contribution in [1.82, 2.24) is 4.57 Å².